The molecule has 0 unspecified atom stereocenters. The molecule has 0 radical (unpaired) electrons. The van der Waals surface area contributed by atoms with Crippen LogP contribution in [-0.4, -0.2) is 40.3 Å². The molecule has 0 atom stereocenters. The molecule has 0 aliphatic rings. The van der Waals surface area contributed by atoms with Gasteiger partial charge in [0.15, 0.2) is 15.8 Å². The van der Waals surface area contributed by atoms with E-state index in [1.54, 1.807) is 18.2 Å². The van der Waals surface area contributed by atoms with Gasteiger partial charge in [0.2, 0.25) is 0 Å². The number of hydrogen-bond acceptors (Lipinski definition) is 4. The summed E-state index contributed by atoms with van der Waals surface area (Å²) < 4.78 is 28.8. The highest BCUT2D eigenvalue weighted by atomic mass is 127. The van der Waals surface area contributed by atoms with Crippen molar-refractivity contribution in [3.05, 3.63) is 72.3 Å². The van der Waals surface area contributed by atoms with Crippen molar-refractivity contribution in [3.8, 4) is 5.75 Å². The quantitative estimate of drug-likeness (QED) is 0.207. The van der Waals surface area contributed by atoms with Gasteiger partial charge in [-0.25, -0.2) is 13.4 Å². The van der Waals surface area contributed by atoms with Gasteiger partial charge in [-0.15, -0.1) is 24.0 Å². The van der Waals surface area contributed by atoms with Crippen molar-refractivity contribution >= 4 is 39.8 Å². The molecular formula is C22H30IN3O3S. The summed E-state index contributed by atoms with van der Waals surface area (Å²) in [6.45, 7) is 8.07. The summed E-state index contributed by atoms with van der Waals surface area (Å²) in [6.07, 6.45) is 3.69. The van der Waals surface area contributed by atoms with E-state index in [0.29, 0.717) is 24.6 Å². The maximum Gasteiger partial charge on any atom is 0.191 e. The molecule has 164 valence electrons. The van der Waals surface area contributed by atoms with Crippen LogP contribution in [0.15, 0.2) is 71.1 Å². The Morgan fingerprint density at radius 3 is 2.47 bits per heavy atom. The zero-order valence-electron chi connectivity index (χ0n) is 17.4. The first kappa shape index (κ1) is 26.0. The number of rotatable bonds is 10. The molecular weight excluding hydrogens is 513 g/mol. The first-order valence-electron chi connectivity index (χ1n) is 9.56. The molecule has 0 saturated heterocycles. The molecule has 0 heterocycles. The number of ether oxygens (including phenoxy) is 1. The second kappa shape index (κ2) is 13.3. The van der Waals surface area contributed by atoms with E-state index in [-0.39, 0.29) is 24.0 Å². The van der Waals surface area contributed by atoms with Crippen LogP contribution in [0.2, 0.25) is 0 Å². The Labute approximate surface area is 196 Å². The van der Waals surface area contributed by atoms with E-state index < -0.39 is 9.84 Å². The minimum atomic E-state index is -3.16. The predicted octanol–water partition coefficient (Wildman–Crippen LogP) is 3.57. The number of sulfone groups is 1. The van der Waals surface area contributed by atoms with Gasteiger partial charge in [-0.2, -0.15) is 0 Å². The molecule has 0 amide bonds. The van der Waals surface area contributed by atoms with Crippen LogP contribution >= 0.6 is 24.0 Å². The standard InChI is InChI=1S/C22H29N3O3S.HI/c1-4-16-28-21-9-7-6-8-19(21)17-25-22(23-5-2)24-15-14-18-10-12-20(13-11-18)29(3,26)27;/h4,6-13H,1,5,14-17H2,2-3H3,(H2,23,24,25);1H. The van der Waals surface area contributed by atoms with E-state index in [1.165, 1.54) is 6.26 Å². The number of aliphatic imine (C=N–C) groups is 1. The van der Waals surface area contributed by atoms with Crippen LogP contribution < -0.4 is 15.4 Å². The highest BCUT2D eigenvalue weighted by Gasteiger charge is 2.06. The summed E-state index contributed by atoms with van der Waals surface area (Å²) in [4.78, 5) is 4.97. The summed E-state index contributed by atoms with van der Waals surface area (Å²) in [5, 5.41) is 6.54. The second-order valence-corrected chi connectivity index (χ2v) is 8.51. The maximum absolute atomic E-state index is 11.5. The molecule has 6 nitrogen and oxygen atoms in total. The molecule has 0 fully saturated rings. The minimum absolute atomic E-state index is 0. The van der Waals surface area contributed by atoms with Crippen LogP contribution in [0.4, 0.5) is 0 Å². The van der Waals surface area contributed by atoms with Crippen molar-refractivity contribution in [2.75, 3.05) is 26.0 Å². The van der Waals surface area contributed by atoms with Crippen molar-refractivity contribution in [2.24, 2.45) is 4.99 Å². The lowest BCUT2D eigenvalue weighted by atomic mass is 10.1. The molecule has 0 bridgehead atoms. The number of guanidine groups is 1. The van der Waals surface area contributed by atoms with Crippen LogP contribution in [0.3, 0.4) is 0 Å². The van der Waals surface area contributed by atoms with Crippen LogP contribution in [0.25, 0.3) is 0 Å². The minimum Gasteiger partial charge on any atom is -0.489 e. The third-order valence-electron chi connectivity index (χ3n) is 4.14. The van der Waals surface area contributed by atoms with E-state index >= 15 is 0 Å². The van der Waals surface area contributed by atoms with Crippen molar-refractivity contribution in [1.82, 2.24) is 10.6 Å². The zero-order chi connectivity index (χ0) is 21.1. The average molecular weight is 543 g/mol. The molecule has 0 saturated carbocycles. The zero-order valence-corrected chi connectivity index (χ0v) is 20.6. The fraction of sp³-hybridized carbons (Fsp3) is 0.318. The molecule has 0 aliphatic heterocycles. The Bertz CT molecular complexity index is 929. The molecule has 2 N–H and O–H groups in total. The number of nitrogens with zero attached hydrogens (tertiary/aromatic N) is 1. The molecule has 0 aliphatic carbocycles. The monoisotopic (exact) mass is 543 g/mol. The fourth-order valence-corrected chi connectivity index (χ4v) is 3.29. The van der Waals surface area contributed by atoms with E-state index in [0.717, 1.165) is 35.8 Å². The van der Waals surface area contributed by atoms with Gasteiger partial charge in [-0.3, -0.25) is 0 Å². The van der Waals surface area contributed by atoms with E-state index in [2.05, 4.69) is 22.2 Å². The molecule has 30 heavy (non-hydrogen) atoms. The molecule has 2 aromatic carbocycles. The van der Waals surface area contributed by atoms with Gasteiger partial charge in [-0.1, -0.05) is 43.0 Å². The Hall–Kier alpha value is -2.07. The molecule has 0 aromatic heterocycles. The SMILES string of the molecule is C=CCOc1ccccc1CN=C(NCC)NCCc1ccc(S(C)(=O)=O)cc1.I. The van der Waals surface area contributed by atoms with Gasteiger partial charge in [0, 0.05) is 24.9 Å². The Balaban J connectivity index is 0.00000450. The highest BCUT2D eigenvalue weighted by molar-refractivity contribution is 14.0. The number of nitrogens with one attached hydrogen (secondary N) is 2. The number of para-hydroxylation sites is 1. The molecule has 2 aromatic rings. The Morgan fingerprint density at radius 2 is 1.83 bits per heavy atom. The van der Waals surface area contributed by atoms with Gasteiger partial charge < -0.3 is 15.4 Å². The Morgan fingerprint density at radius 1 is 1.13 bits per heavy atom. The lowest BCUT2D eigenvalue weighted by molar-refractivity contribution is 0.359. The predicted molar refractivity (Wildman–Crippen MR) is 134 cm³/mol. The van der Waals surface area contributed by atoms with Gasteiger partial charge in [-0.05, 0) is 37.1 Å². The lowest BCUT2D eigenvalue weighted by Crippen LogP contribution is -2.38. The van der Waals surface area contributed by atoms with Gasteiger partial charge in [0.05, 0.1) is 11.4 Å². The van der Waals surface area contributed by atoms with Gasteiger partial charge in [0.25, 0.3) is 0 Å². The van der Waals surface area contributed by atoms with Crippen LogP contribution in [-0.2, 0) is 22.8 Å². The third kappa shape index (κ3) is 8.74. The molecule has 8 heteroatoms. The highest BCUT2D eigenvalue weighted by Crippen LogP contribution is 2.18. The summed E-state index contributed by atoms with van der Waals surface area (Å²) in [5.74, 6) is 1.52. The van der Waals surface area contributed by atoms with Gasteiger partial charge in [0.1, 0.15) is 12.4 Å². The maximum atomic E-state index is 11.5. The normalized spacial score (nSPS) is 11.3. The fourth-order valence-electron chi connectivity index (χ4n) is 2.66. The van der Waals surface area contributed by atoms with Crippen LogP contribution in [0.1, 0.15) is 18.1 Å². The van der Waals surface area contributed by atoms with E-state index in [1.807, 2.05) is 43.3 Å². The van der Waals surface area contributed by atoms with E-state index in [9.17, 15) is 8.42 Å². The molecule has 0 spiro atoms. The first-order valence-corrected chi connectivity index (χ1v) is 11.5. The largest absolute Gasteiger partial charge is 0.489 e. The molecule has 2 rings (SSSR count). The average Bonchev–Trinajstić information content (AvgIpc) is 2.71. The third-order valence-corrected chi connectivity index (χ3v) is 5.27. The lowest BCUT2D eigenvalue weighted by Gasteiger charge is -2.13. The second-order valence-electron chi connectivity index (χ2n) is 6.50. The summed E-state index contributed by atoms with van der Waals surface area (Å²) in [5.41, 5.74) is 2.06. The van der Waals surface area contributed by atoms with Crippen LogP contribution in [0, 0.1) is 0 Å². The first-order chi connectivity index (χ1) is 13.9. The number of benzene rings is 2. The summed E-state index contributed by atoms with van der Waals surface area (Å²) >= 11 is 0. The van der Waals surface area contributed by atoms with Crippen LogP contribution in [0.5, 0.6) is 5.75 Å². The van der Waals surface area contributed by atoms with Crippen molar-refractivity contribution < 1.29 is 13.2 Å². The Kier molecular flexibility index (Phi) is 11.5. The van der Waals surface area contributed by atoms with Crippen molar-refractivity contribution in [1.29, 1.82) is 0 Å². The summed E-state index contributed by atoms with van der Waals surface area (Å²) in [6, 6.07) is 14.8. The number of hydrogen-bond donors (Lipinski definition) is 2. The van der Waals surface area contributed by atoms with Crippen molar-refractivity contribution in [3.63, 3.8) is 0 Å². The summed E-state index contributed by atoms with van der Waals surface area (Å²) in [7, 11) is -3.16. The smallest absolute Gasteiger partial charge is 0.191 e. The topological polar surface area (TPSA) is 79.8 Å². The number of halogens is 1. The van der Waals surface area contributed by atoms with Crippen molar-refractivity contribution in [2.45, 2.75) is 24.8 Å². The van der Waals surface area contributed by atoms with E-state index in [4.69, 9.17) is 4.74 Å². The van der Waals surface area contributed by atoms with Gasteiger partial charge >= 0.3 is 0 Å².